The maximum atomic E-state index is 9.65. The molecule has 0 radical (unpaired) electrons. The highest BCUT2D eigenvalue weighted by molar-refractivity contribution is 5.10. The fourth-order valence-corrected chi connectivity index (χ4v) is 3.36. The first-order valence-electron chi connectivity index (χ1n) is 7.01. The molecular formula is C14H25N3. The molecule has 2 aliphatic rings. The van der Waals surface area contributed by atoms with Gasteiger partial charge in [0.1, 0.15) is 5.54 Å². The van der Waals surface area contributed by atoms with Crippen LogP contribution in [-0.4, -0.2) is 48.6 Å². The molecule has 2 rings (SSSR count). The van der Waals surface area contributed by atoms with E-state index in [1.165, 1.54) is 32.1 Å². The third-order valence-electron chi connectivity index (χ3n) is 4.79. The molecule has 1 atom stereocenters. The van der Waals surface area contributed by atoms with Crippen molar-refractivity contribution in [3.05, 3.63) is 0 Å². The Morgan fingerprint density at radius 3 is 2.18 bits per heavy atom. The predicted octanol–water partition coefficient (Wildman–Crippen LogP) is 2.10. The second-order valence-corrected chi connectivity index (χ2v) is 5.88. The van der Waals surface area contributed by atoms with Gasteiger partial charge in [-0.15, -0.1) is 0 Å². The molecule has 1 heterocycles. The minimum atomic E-state index is -0.221. The highest BCUT2D eigenvalue weighted by Gasteiger charge is 2.41. The van der Waals surface area contributed by atoms with Gasteiger partial charge >= 0.3 is 0 Å². The van der Waals surface area contributed by atoms with Crippen molar-refractivity contribution in [2.45, 2.75) is 44.6 Å². The molecule has 96 valence electrons. The summed E-state index contributed by atoms with van der Waals surface area (Å²) in [6, 6.07) is 2.64. The van der Waals surface area contributed by atoms with Crippen LogP contribution in [0.1, 0.15) is 39.0 Å². The number of rotatable bonds is 2. The summed E-state index contributed by atoms with van der Waals surface area (Å²) in [5.74, 6) is 0.588. The van der Waals surface area contributed by atoms with E-state index in [0.717, 1.165) is 26.2 Å². The second kappa shape index (κ2) is 5.37. The van der Waals surface area contributed by atoms with Gasteiger partial charge in [-0.2, -0.15) is 5.26 Å². The van der Waals surface area contributed by atoms with Crippen molar-refractivity contribution in [1.82, 2.24) is 9.80 Å². The van der Waals surface area contributed by atoms with Gasteiger partial charge in [-0.25, -0.2) is 0 Å². The molecule has 3 heteroatoms. The van der Waals surface area contributed by atoms with E-state index < -0.39 is 0 Å². The molecule has 1 aliphatic carbocycles. The molecule has 0 aromatic rings. The van der Waals surface area contributed by atoms with Crippen LogP contribution in [0.15, 0.2) is 0 Å². The van der Waals surface area contributed by atoms with Crippen molar-refractivity contribution in [2.24, 2.45) is 5.92 Å². The van der Waals surface area contributed by atoms with E-state index in [1.807, 2.05) is 0 Å². The summed E-state index contributed by atoms with van der Waals surface area (Å²) < 4.78 is 0. The van der Waals surface area contributed by atoms with Gasteiger partial charge in [0, 0.05) is 26.2 Å². The van der Waals surface area contributed by atoms with Crippen molar-refractivity contribution in [1.29, 1.82) is 5.26 Å². The predicted molar refractivity (Wildman–Crippen MR) is 69.7 cm³/mol. The van der Waals surface area contributed by atoms with Crippen molar-refractivity contribution in [3.63, 3.8) is 0 Å². The van der Waals surface area contributed by atoms with Gasteiger partial charge in [0.2, 0.25) is 0 Å². The molecule has 0 N–H and O–H groups in total. The average Bonchev–Trinajstić information content (AvgIpc) is 2.40. The zero-order valence-corrected chi connectivity index (χ0v) is 11.3. The summed E-state index contributed by atoms with van der Waals surface area (Å²) in [6.07, 6.45) is 6.49. The summed E-state index contributed by atoms with van der Waals surface area (Å²) in [5, 5.41) is 9.65. The van der Waals surface area contributed by atoms with Crippen LogP contribution in [0.5, 0.6) is 0 Å². The Morgan fingerprint density at radius 1 is 1.06 bits per heavy atom. The minimum Gasteiger partial charge on any atom is -0.304 e. The average molecular weight is 235 g/mol. The molecule has 0 bridgehead atoms. The van der Waals surface area contributed by atoms with Crippen LogP contribution in [0.2, 0.25) is 0 Å². The Bertz CT molecular complexity index is 282. The molecule has 1 saturated carbocycles. The van der Waals surface area contributed by atoms with Crippen LogP contribution in [-0.2, 0) is 0 Å². The summed E-state index contributed by atoms with van der Waals surface area (Å²) >= 11 is 0. The summed E-state index contributed by atoms with van der Waals surface area (Å²) in [5.41, 5.74) is -0.221. The molecule has 1 unspecified atom stereocenters. The van der Waals surface area contributed by atoms with Crippen molar-refractivity contribution < 1.29 is 0 Å². The minimum absolute atomic E-state index is 0.221. The van der Waals surface area contributed by atoms with Crippen molar-refractivity contribution >= 4 is 0 Å². The van der Waals surface area contributed by atoms with E-state index in [-0.39, 0.29) is 5.54 Å². The summed E-state index contributed by atoms with van der Waals surface area (Å²) in [7, 11) is 2.17. The molecule has 17 heavy (non-hydrogen) atoms. The first-order valence-corrected chi connectivity index (χ1v) is 7.01. The number of hydrogen-bond acceptors (Lipinski definition) is 3. The van der Waals surface area contributed by atoms with Gasteiger partial charge in [-0.3, -0.25) is 4.90 Å². The lowest BCUT2D eigenvalue weighted by molar-refractivity contribution is 0.0345. The Balaban J connectivity index is 2.05. The molecule has 0 spiro atoms. The lowest BCUT2D eigenvalue weighted by Crippen LogP contribution is -2.57. The van der Waals surface area contributed by atoms with Gasteiger partial charge in [0.25, 0.3) is 0 Å². The fraction of sp³-hybridized carbons (Fsp3) is 0.929. The number of piperazine rings is 1. The standard InChI is InChI=1S/C14H25N3/c1-14(12-15,13-6-4-3-5-7-13)17-10-8-16(2)9-11-17/h13H,3-11H2,1-2H3. The van der Waals surface area contributed by atoms with Crippen molar-refractivity contribution in [3.8, 4) is 6.07 Å². The molecule has 2 fully saturated rings. The lowest BCUT2D eigenvalue weighted by Gasteiger charge is -2.46. The summed E-state index contributed by atoms with van der Waals surface area (Å²) in [6.45, 7) is 6.48. The number of nitrogens with zero attached hydrogens (tertiary/aromatic N) is 3. The highest BCUT2D eigenvalue weighted by Crippen LogP contribution is 2.36. The third kappa shape index (κ3) is 2.64. The van der Waals surface area contributed by atoms with E-state index in [1.54, 1.807) is 0 Å². The van der Waals surface area contributed by atoms with Crippen LogP contribution in [0, 0.1) is 17.2 Å². The first-order chi connectivity index (χ1) is 8.16. The van der Waals surface area contributed by atoms with Crippen LogP contribution in [0.3, 0.4) is 0 Å². The Kier molecular flexibility index (Phi) is 4.06. The SMILES string of the molecule is CN1CCN(C(C)(C#N)C2CCCCC2)CC1. The largest absolute Gasteiger partial charge is 0.304 e. The van der Waals surface area contributed by atoms with Crippen LogP contribution >= 0.6 is 0 Å². The van der Waals surface area contributed by atoms with Crippen molar-refractivity contribution in [2.75, 3.05) is 33.2 Å². The maximum Gasteiger partial charge on any atom is 0.109 e. The lowest BCUT2D eigenvalue weighted by atomic mass is 9.75. The van der Waals surface area contributed by atoms with Gasteiger partial charge in [0.05, 0.1) is 6.07 Å². The molecule has 0 amide bonds. The third-order valence-corrected chi connectivity index (χ3v) is 4.79. The number of hydrogen-bond donors (Lipinski definition) is 0. The quantitative estimate of drug-likeness (QED) is 0.734. The van der Waals surface area contributed by atoms with E-state index >= 15 is 0 Å². The monoisotopic (exact) mass is 235 g/mol. The van der Waals surface area contributed by atoms with Gasteiger partial charge in [-0.1, -0.05) is 19.3 Å². The van der Waals surface area contributed by atoms with Gasteiger partial charge in [-0.05, 0) is 32.7 Å². The Morgan fingerprint density at radius 2 is 1.65 bits per heavy atom. The zero-order chi connectivity index (χ0) is 12.3. The second-order valence-electron chi connectivity index (χ2n) is 5.88. The zero-order valence-electron chi connectivity index (χ0n) is 11.3. The first kappa shape index (κ1) is 12.9. The van der Waals surface area contributed by atoms with Crippen LogP contribution < -0.4 is 0 Å². The molecule has 0 aromatic carbocycles. The smallest absolute Gasteiger partial charge is 0.109 e. The molecule has 1 aliphatic heterocycles. The van der Waals surface area contributed by atoms with Crippen LogP contribution in [0.25, 0.3) is 0 Å². The topological polar surface area (TPSA) is 30.3 Å². The number of likely N-dealkylation sites (N-methyl/N-ethyl adjacent to an activating group) is 1. The molecule has 0 aromatic heterocycles. The van der Waals surface area contributed by atoms with E-state index in [0.29, 0.717) is 5.92 Å². The van der Waals surface area contributed by atoms with E-state index in [9.17, 15) is 5.26 Å². The maximum absolute atomic E-state index is 9.65. The number of nitriles is 1. The molecule has 3 nitrogen and oxygen atoms in total. The van der Waals surface area contributed by atoms with Crippen LogP contribution in [0.4, 0.5) is 0 Å². The van der Waals surface area contributed by atoms with E-state index in [4.69, 9.17) is 0 Å². The van der Waals surface area contributed by atoms with Gasteiger partial charge < -0.3 is 4.90 Å². The fourth-order valence-electron chi connectivity index (χ4n) is 3.36. The summed E-state index contributed by atoms with van der Waals surface area (Å²) in [4.78, 5) is 4.79. The Labute approximate surface area is 105 Å². The normalized spacial score (nSPS) is 28.5. The van der Waals surface area contributed by atoms with Gasteiger partial charge in [0.15, 0.2) is 0 Å². The molecular weight excluding hydrogens is 210 g/mol. The Hall–Kier alpha value is -0.590. The molecule has 1 saturated heterocycles. The highest BCUT2D eigenvalue weighted by atomic mass is 15.3. The van der Waals surface area contributed by atoms with E-state index in [2.05, 4.69) is 29.8 Å².